The zero-order chi connectivity index (χ0) is 26.2. The molecule has 9 nitrogen and oxygen atoms in total. The topological polar surface area (TPSA) is 104 Å². The van der Waals surface area contributed by atoms with Crippen molar-refractivity contribution in [3.8, 4) is 17.2 Å². The number of piperidine rings is 2. The third-order valence-electron chi connectivity index (χ3n) is 7.75. The summed E-state index contributed by atoms with van der Waals surface area (Å²) in [5, 5.41) is 13.3. The van der Waals surface area contributed by atoms with Crippen LogP contribution in [-0.2, 0) is 4.79 Å². The molecule has 6 rings (SSSR count). The molecule has 4 heterocycles. The highest BCUT2D eigenvalue weighted by molar-refractivity contribution is 8.04. The molecule has 200 valence electrons. The number of nitrogens with one attached hydrogen (secondary N) is 4. The van der Waals surface area contributed by atoms with E-state index in [4.69, 9.17) is 9.47 Å². The van der Waals surface area contributed by atoms with E-state index in [1.54, 1.807) is 18.9 Å². The summed E-state index contributed by atoms with van der Waals surface area (Å²) in [7, 11) is 1.62. The molecular weight excluding hydrogens is 502 g/mol. The lowest BCUT2D eigenvalue weighted by Gasteiger charge is -2.46. The Balaban J connectivity index is 1.25. The van der Waals surface area contributed by atoms with Crippen LogP contribution >= 0.6 is 11.8 Å². The monoisotopic (exact) mass is 535 g/mol. The van der Waals surface area contributed by atoms with Crippen LogP contribution in [0.5, 0.6) is 17.2 Å². The Bertz CT molecular complexity index is 1280. The van der Waals surface area contributed by atoms with Crippen LogP contribution in [0.2, 0.25) is 0 Å². The number of hydrogen-bond acceptors (Lipinski definition) is 7. The third kappa shape index (κ3) is 4.61. The number of benzene rings is 2. The van der Waals surface area contributed by atoms with Gasteiger partial charge < -0.3 is 30.7 Å². The summed E-state index contributed by atoms with van der Waals surface area (Å²) < 4.78 is 11.5. The number of methoxy groups -OCH3 is 1. The number of ether oxygens (including phenoxy) is 2. The normalized spacial score (nSPS) is 25.1. The molecule has 0 aromatic heterocycles. The second kappa shape index (κ2) is 10.5. The molecule has 0 bridgehead atoms. The van der Waals surface area contributed by atoms with Crippen LogP contribution < -0.4 is 35.6 Å². The molecule has 0 saturated carbocycles. The fourth-order valence-electron chi connectivity index (χ4n) is 5.91. The van der Waals surface area contributed by atoms with Crippen molar-refractivity contribution < 1.29 is 19.1 Å². The summed E-state index contributed by atoms with van der Waals surface area (Å²) in [4.78, 5) is 29.4. The highest BCUT2D eigenvalue weighted by Gasteiger charge is 2.52. The minimum absolute atomic E-state index is 0.0177. The van der Waals surface area contributed by atoms with Crippen LogP contribution in [0.4, 0.5) is 10.5 Å². The maximum atomic E-state index is 13.6. The van der Waals surface area contributed by atoms with E-state index in [-0.39, 0.29) is 35.3 Å². The van der Waals surface area contributed by atoms with E-state index in [1.165, 1.54) is 0 Å². The van der Waals surface area contributed by atoms with E-state index in [0.29, 0.717) is 22.2 Å². The summed E-state index contributed by atoms with van der Waals surface area (Å²) in [5.41, 5.74) is 2.54. The van der Waals surface area contributed by atoms with Crippen LogP contribution in [0.1, 0.15) is 24.8 Å². The smallest absolute Gasteiger partial charge is 0.326 e. The fourth-order valence-corrected chi connectivity index (χ4v) is 7.31. The zero-order valence-corrected chi connectivity index (χ0v) is 22.4. The number of anilines is 1. The van der Waals surface area contributed by atoms with E-state index in [0.717, 1.165) is 55.8 Å². The van der Waals surface area contributed by atoms with Gasteiger partial charge in [0, 0.05) is 23.3 Å². The quantitative estimate of drug-likeness (QED) is 0.449. The first-order valence-corrected chi connectivity index (χ1v) is 14.1. The van der Waals surface area contributed by atoms with E-state index >= 15 is 0 Å². The molecule has 38 heavy (non-hydrogen) atoms. The minimum Gasteiger partial charge on any atom is -0.493 e. The second-order valence-corrected chi connectivity index (χ2v) is 11.3. The lowest BCUT2D eigenvalue weighted by Crippen LogP contribution is -2.62. The SMILES string of the molecule is COc1ccccc1Oc1ccc(N2C(=O)NC3=C(C(=O)NC4CCNCC4)SC4NCCC2C34)c(C)c1. The molecule has 0 radical (unpaired) electrons. The summed E-state index contributed by atoms with van der Waals surface area (Å²) in [6.45, 7) is 4.59. The Hall–Kier alpha value is -3.21. The number of hydrogen-bond donors (Lipinski definition) is 4. The van der Waals surface area contributed by atoms with Gasteiger partial charge in [-0.2, -0.15) is 0 Å². The average molecular weight is 536 g/mol. The standard InChI is InChI=1S/C28H33N5O4S/c1-16-15-18(37-22-6-4-3-5-21(22)36-2)7-8-19(16)33-20-11-14-30-27-23(20)24(32-28(33)35)25(38-27)26(34)31-17-9-12-29-13-10-17/h3-8,15,17,20,23,27,29-30H,9-14H2,1-2H3,(H,31,34)(H,32,35). The maximum absolute atomic E-state index is 13.6. The predicted molar refractivity (Wildman–Crippen MR) is 148 cm³/mol. The van der Waals surface area contributed by atoms with Gasteiger partial charge in [-0.25, -0.2) is 4.79 Å². The summed E-state index contributed by atoms with van der Waals surface area (Å²) in [5.74, 6) is 1.90. The van der Waals surface area contributed by atoms with Crippen LogP contribution in [-0.4, -0.2) is 56.1 Å². The van der Waals surface area contributed by atoms with Crippen LogP contribution in [0.25, 0.3) is 0 Å². The number of aryl methyl sites for hydroxylation is 1. The van der Waals surface area contributed by atoms with Gasteiger partial charge in [0.2, 0.25) is 0 Å². The highest BCUT2D eigenvalue weighted by Crippen LogP contribution is 2.48. The molecule has 10 heteroatoms. The van der Waals surface area contributed by atoms with Crippen molar-refractivity contribution >= 4 is 29.4 Å². The van der Waals surface area contributed by atoms with E-state index in [9.17, 15) is 9.59 Å². The summed E-state index contributed by atoms with van der Waals surface area (Å²) >= 11 is 1.55. The number of urea groups is 1. The van der Waals surface area contributed by atoms with Crippen molar-refractivity contribution in [3.05, 3.63) is 58.6 Å². The summed E-state index contributed by atoms with van der Waals surface area (Å²) in [6.07, 6.45) is 2.65. The van der Waals surface area contributed by atoms with Crippen molar-refractivity contribution in [1.29, 1.82) is 0 Å². The third-order valence-corrected chi connectivity index (χ3v) is 9.10. The van der Waals surface area contributed by atoms with Gasteiger partial charge in [0.05, 0.1) is 23.4 Å². The van der Waals surface area contributed by atoms with E-state index < -0.39 is 0 Å². The summed E-state index contributed by atoms with van der Waals surface area (Å²) in [6, 6.07) is 13.2. The van der Waals surface area contributed by atoms with Crippen molar-refractivity contribution in [2.75, 3.05) is 31.6 Å². The fraction of sp³-hybridized carbons (Fsp3) is 0.429. The molecule has 4 aliphatic rings. The molecule has 3 amide bonds. The van der Waals surface area contributed by atoms with E-state index in [2.05, 4.69) is 21.3 Å². The lowest BCUT2D eigenvalue weighted by molar-refractivity contribution is -0.117. The van der Waals surface area contributed by atoms with Crippen LogP contribution in [0.3, 0.4) is 0 Å². The van der Waals surface area contributed by atoms with Crippen molar-refractivity contribution in [2.45, 2.75) is 43.6 Å². The molecule has 0 aliphatic carbocycles. The van der Waals surface area contributed by atoms with Gasteiger partial charge in [-0.1, -0.05) is 23.9 Å². The minimum atomic E-state index is -0.196. The predicted octanol–water partition coefficient (Wildman–Crippen LogP) is 3.46. The highest BCUT2D eigenvalue weighted by atomic mass is 32.2. The first-order chi connectivity index (χ1) is 18.5. The molecule has 4 aliphatic heterocycles. The van der Waals surface area contributed by atoms with Gasteiger partial charge in [0.15, 0.2) is 11.5 Å². The largest absolute Gasteiger partial charge is 0.493 e. The van der Waals surface area contributed by atoms with Crippen LogP contribution in [0.15, 0.2) is 53.1 Å². The van der Waals surface area contributed by atoms with Crippen LogP contribution in [0, 0.1) is 12.8 Å². The number of nitrogens with zero attached hydrogens (tertiary/aromatic N) is 1. The number of carbonyl (C=O) groups excluding carboxylic acids is 2. The zero-order valence-electron chi connectivity index (χ0n) is 21.6. The molecule has 2 aromatic rings. The molecule has 3 fully saturated rings. The lowest BCUT2D eigenvalue weighted by atomic mass is 9.86. The number of thioether (sulfide) groups is 1. The van der Waals surface area contributed by atoms with Crippen molar-refractivity contribution in [1.82, 2.24) is 21.3 Å². The van der Waals surface area contributed by atoms with Gasteiger partial charge in [0.1, 0.15) is 5.75 Å². The first-order valence-electron chi connectivity index (χ1n) is 13.2. The number of rotatable bonds is 6. The number of amides is 3. The molecule has 2 aromatic carbocycles. The van der Waals surface area contributed by atoms with Crippen molar-refractivity contribution in [3.63, 3.8) is 0 Å². The Morgan fingerprint density at radius 3 is 2.63 bits per heavy atom. The number of para-hydroxylation sites is 2. The Morgan fingerprint density at radius 1 is 1.08 bits per heavy atom. The van der Waals surface area contributed by atoms with Gasteiger partial charge in [0.25, 0.3) is 5.91 Å². The van der Waals surface area contributed by atoms with Gasteiger partial charge in [-0.3, -0.25) is 9.69 Å². The maximum Gasteiger partial charge on any atom is 0.326 e. The second-order valence-electron chi connectivity index (χ2n) is 10.1. The molecular formula is C28H33N5O4S. The molecule has 0 spiro atoms. The average Bonchev–Trinajstić information content (AvgIpc) is 3.30. The molecule has 4 N–H and O–H groups in total. The Kier molecular flexibility index (Phi) is 6.94. The van der Waals surface area contributed by atoms with Gasteiger partial charge in [-0.05, 0) is 81.7 Å². The molecule has 3 saturated heterocycles. The van der Waals surface area contributed by atoms with Crippen molar-refractivity contribution in [2.24, 2.45) is 5.92 Å². The Morgan fingerprint density at radius 2 is 1.87 bits per heavy atom. The van der Waals surface area contributed by atoms with Gasteiger partial charge in [-0.15, -0.1) is 0 Å². The van der Waals surface area contributed by atoms with E-state index in [1.807, 2.05) is 54.3 Å². The molecule has 3 atom stereocenters. The Labute approximate surface area is 226 Å². The van der Waals surface area contributed by atoms with Gasteiger partial charge >= 0.3 is 6.03 Å². The molecule has 3 unspecified atom stereocenters. The number of carbonyl (C=O) groups is 2. The first kappa shape index (κ1) is 25.1.